The van der Waals surface area contributed by atoms with E-state index in [9.17, 15) is 18.0 Å². The zero-order chi connectivity index (χ0) is 20.5. The van der Waals surface area contributed by atoms with Crippen LogP contribution < -0.4 is 0 Å². The maximum atomic E-state index is 13.2. The maximum absolute atomic E-state index is 13.2. The largest absolute Gasteiger partial charge is 0.339 e. The Kier molecular flexibility index (Phi) is 5.83. The number of amides is 1. The highest BCUT2D eigenvalue weighted by Crippen LogP contribution is 2.41. The molecule has 1 aromatic carbocycles. The third kappa shape index (κ3) is 4.75. The molecule has 1 aliphatic heterocycles. The maximum Gasteiger partial charge on any atom is 0.282 e. The summed E-state index contributed by atoms with van der Waals surface area (Å²) in [6.45, 7) is 2.98. The molecule has 156 valence electrons. The summed E-state index contributed by atoms with van der Waals surface area (Å²) in [6, 6.07) is 5.79. The zero-order valence-corrected chi connectivity index (χ0v) is 16.6. The first kappa shape index (κ1) is 20.2. The van der Waals surface area contributed by atoms with Crippen LogP contribution in [-0.4, -0.2) is 51.7 Å². The van der Waals surface area contributed by atoms with E-state index in [1.54, 1.807) is 11.0 Å². The highest BCUT2D eigenvalue weighted by atomic mass is 35.5. The number of hydrogen-bond acceptors (Lipinski definition) is 3. The van der Waals surface area contributed by atoms with Crippen LogP contribution in [0.5, 0.6) is 0 Å². The van der Waals surface area contributed by atoms with Gasteiger partial charge in [-0.1, -0.05) is 17.7 Å². The molecule has 9 heteroatoms. The second-order valence-electron chi connectivity index (χ2n) is 7.62. The fourth-order valence-corrected chi connectivity index (χ4v) is 3.89. The van der Waals surface area contributed by atoms with Crippen molar-refractivity contribution in [1.82, 2.24) is 19.6 Å². The Hall–Kier alpha value is -2.06. The normalized spacial score (nSPS) is 17.9. The van der Waals surface area contributed by atoms with Gasteiger partial charge in [-0.2, -0.15) is 5.10 Å². The van der Waals surface area contributed by atoms with Crippen molar-refractivity contribution in [3.8, 4) is 0 Å². The van der Waals surface area contributed by atoms with Gasteiger partial charge < -0.3 is 4.90 Å². The number of hydrogen-bond donors (Lipinski definition) is 0. The van der Waals surface area contributed by atoms with Gasteiger partial charge in [-0.3, -0.25) is 14.4 Å². The molecular formula is C20H22ClF3N4O. The van der Waals surface area contributed by atoms with E-state index in [1.165, 1.54) is 22.9 Å². The second-order valence-corrected chi connectivity index (χ2v) is 8.03. The molecule has 5 nitrogen and oxygen atoms in total. The first-order valence-electron chi connectivity index (χ1n) is 9.70. The van der Waals surface area contributed by atoms with E-state index in [-0.39, 0.29) is 29.9 Å². The molecule has 0 atom stereocenters. The Labute approximate surface area is 172 Å². The van der Waals surface area contributed by atoms with Crippen molar-refractivity contribution < 1.29 is 18.0 Å². The Balaban J connectivity index is 1.33. The summed E-state index contributed by atoms with van der Waals surface area (Å²) in [5, 5.41) is 4.35. The number of alkyl halides is 2. The topological polar surface area (TPSA) is 41.4 Å². The summed E-state index contributed by atoms with van der Waals surface area (Å²) in [7, 11) is 0. The number of aromatic nitrogens is 2. The average Bonchev–Trinajstić information content (AvgIpc) is 3.44. The molecular weight excluding hydrogens is 405 g/mol. The highest BCUT2D eigenvalue weighted by molar-refractivity contribution is 6.31. The number of halogens is 4. The molecule has 0 unspecified atom stereocenters. The standard InChI is InChI=1S/C20H22ClF3N4O/c21-16-9-15(22)4-3-14(16)11-26-5-7-27(8-6-26)19(29)12-28-18(13-1-2-13)10-17(25-28)20(23)24/h3-4,9-10,13,20H,1-2,5-8,11-12H2. The number of carbonyl (C=O) groups is 1. The van der Waals surface area contributed by atoms with E-state index in [1.807, 2.05) is 0 Å². The van der Waals surface area contributed by atoms with Gasteiger partial charge in [0.25, 0.3) is 6.43 Å². The SMILES string of the molecule is O=C(Cn1nc(C(F)F)cc1C1CC1)N1CCN(Cc2ccc(F)cc2Cl)CC1. The smallest absolute Gasteiger partial charge is 0.282 e. The van der Waals surface area contributed by atoms with Crippen molar-refractivity contribution >= 4 is 17.5 Å². The van der Waals surface area contributed by atoms with Gasteiger partial charge in [0.1, 0.15) is 18.1 Å². The minimum atomic E-state index is -2.63. The number of benzene rings is 1. The van der Waals surface area contributed by atoms with Gasteiger partial charge in [0, 0.05) is 49.4 Å². The Morgan fingerprint density at radius 1 is 1.17 bits per heavy atom. The highest BCUT2D eigenvalue weighted by Gasteiger charge is 2.31. The molecule has 1 aromatic heterocycles. The minimum absolute atomic E-state index is 0.0116. The Bertz CT molecular complexity index is 892. The monoisotopic (exact) mass is 426 g/mol. The lowest BCUT2D eigenvalue weighted by Gasteiger charge is -2.35. The van der Waals surface area contributed by atoms with E-state index < -0.39 is 6.43 Å². The third-order valence-electron chi connectivity index (χ3n) is 5.47. The van der Waals surface area contributed by atoms with Crippen LogP contribution in [0.2, 0.25) is 5.02 Å². The summed E-state index contributed by atoms with van der Waals surface area (Å²) in [4.78, 5) is 16.6. The summed E-state index contributed by atoms with van der Waals surface area (Å²) < 4.78 is 40.6. The first-order valence-corrected chi connectivity index (χ1v) is 10.1. The van der Waals surface area contributed by atoms with Crippen LogP contribution in [-0.2, 0) is 17.9 Å². The minimum Gasteiger partial charge on any atom is -0.339 e. The lowest BCUT2D eigenvalue weighted by molar-refractivity contribution is -0.133. The van der Waals surface area contributed by atoms with Crippen LogP contribution in [0, 0.1) is 5.82 Å². The van der Waals surface area contributed by atoms with Crippen molar-refractivity contribution in [1.29, 1.82) is 0 Å². The quantitative estimate of drug-likeness (QED) is 0.705. The zero-order valence-electron chi connectivity index (χ0n) is 15.8. The first-order chi connectivity index (χ1) is 13.9. The molecule has 1 saturated heterocycles. The summed E-state index contributed by atoms with van der Waals surface area (Å²) in [5.74, 6) is -0.247. The average molecular weight is 427 g/mol. The number of nitrogens with zero attached hydrogens (tertiary/aromatic N) is 4. The van der Waals surface area contributed by atoms with Gasteiger partial charge >= 0.3 is 0 Å². The lowest BCUT2D eigenvalue weighted by atomic mass is 10.2. The van der Waals surface area contributed by atoms with Gasteiger partial charge in [-0.05, 0) is 36.6 Å². The third-order valence-corrected chi connectivity index (χ3v) is 5.82. The van der Waals surface area contributed by atoms with Crippen LogP contribution in [0.4, 0.5) is 13.2 Å². The van der Waals surface area contributed by atoms with Gasteiger partial charge in [-0.15, -0.1) is 0 Å². The predicted octanol–water partition coefficient (Wildman–Crippen LogP) is 3.84. The summed E-state index contributed by atoms with van der Waals surface area (Å²) in [5.41, 5.74) is 1.32. The van der Waals surface area contributed by atoms with Crippen LogP contribution in [0.25, 0.3) is 0 Å². The summed E-state index contributed by atoms with van der Waals surface area (Å²) >= 11 is 6.09. The van der Waals surface area contributed by atoms with Crippen molar-refractivity contribution in [2.75, 3.05) is 26.2 Å². The molecule has 29 heavy (non-hydrogen) atoms. The molecule has 1 saturated carbocycles. The summed E-state index contributed by atoms with van der Waals surface area (Å²) in [6.07, 6.45) is -0.730. The van der Waals surface area contributed by atoms with Gasteiger partial charge in [-0.25, -0.2) is 13.2 Å². The molecule has 2 aliphatic rings. The van der Waals surface area contributed by atoms with Gasteiger partial charge in [0.2, 0.25) is 5.91 Å². The van der Waals surface area contributed by atoms with Crippen molar-refractivity contribution in [2.45, 2.75) is 38.3 Å². The van der Waals surface area contributed by atoms with Crippen molar-refractivity contribution in [3.63, 3.8) is 0 Å². The fourth-order valence-electron chi connectivity index (χ4n) is 3.67. The van der Waals surface area contributed by atoms with E-state index >= 15 is 0 Å². The molecule has 2 fully saturated rings. The molecule has 0 N–H and O–H groups in total. The van der Waals surface area contributed by atoms with Crippen molar-refractivity contribution in [3.05, 3.63) is 52.1 Å². The van der Waals surface area contributed by atoms with Crippen LogP contribution >= 0.6 is 11.6 Å². The molecule has 1 aliphatic carbocycles. The molecule has 4 rings (SSSR count). The van der Waals surface area contributed by atoms with Crippen LogP contribution in [0.3, 0.4) is 0 Å². The molecule has 2 heterocycles. The Morgan fingerprint density at radius 2 is 1.90 bits per heavy atom. The van der Waals surface area contributed by atoms with Gasteiger partial charge in [0.15, 0.2) is 0 Å². The number of piperazine rings is 1. The van der Waals surface area contributed by atoms with E-state index in [0.717, 1.165) is 24.1 Å². The predicted molar refractivity (Wildman–Crippen MR) is 102 cm³/mol. The molecule has 1 amide bonds. The van der Waals surface area contributed by atoms with E-state index in [4.69, 9.17) is 11.6 Å². The molecule has 2 aromatic rings. The van der Waals surface area contributed by atoms with Crippen LogP contribution in [0.15, 0.2) is 24.3 Å². The van der Waals surface area contributed by atoms with Crippen molar-refractivity contribution in [2.24, 2.45) is 0 Å². The van der Waals surface area contributed by atoms with E-state index in [2.05, 4.69) is 10.00 Å². The lowest BCUT2D eigenvalue weighted by Crippen LogP contribution is -2.49. The van der Waals surface area contributed by atoms with Gasteiger partial charge in [0.05, 0.1) is 0 Å². The van der Waals surface area contributed by atoms with E-state index in [0.29, 0.717) is 37.7 Å². The van der Waals surface area contributed by atoms with Crippen LogP contribution in [0.1, 0.15) is 42.1 Å². The Morgan fingerprint density at radius 3 is 2.52 bits per heavy atom. The molecule has 0 spiro atoms. The molecule has 0 bridgehead atoms. The fraction of sp³-hybridized carbons (Fsp3) is 0.500. The molecule has 0 radical (unpaired) electrons. The second kappa shape index (κ2) is 8.36. The number of rotatable bonds is 6. The number of carbonyl (C=O) groups excluding carboxylic acids is 1.